The van der Waals surface area contributed by atoms with Crippen LogP contribution in [0.3, 0.4) is 0 Å². The molecule has 0 atom stereocenters. The van der Waals surface area contributed by atoms with E-state index in [0.717, 1.165) is 18.4 Å². The lowest BCUT2D eigenvalue weighted by atomic mass is 10.0. The van der Waals surface area contributed by atoms with Crippen LogP contribution in [0.4, 0.5) is 19.0 Å². The Labute approximate surface area is 120 Å². The van der Waals surface area contributed by atoms with Crippen molar-refractivity contribution in [1.82, 2.24) is 9.78 Å². The van der Waals surface area contributed by atoms with Gasteiger partial charge in [-0.1, -0.05) is 13.3 Å². The number of ether oxygens (including phenoxy) is 1. The number of anilines is 1. The standard InChI is InChI=1S/C14H16F3N3O/c1-3-4-11-12(19-20(2)13(11)18)9-5-7-10(8-6-9)21-14(15,16)17/h5-8H,3-4,18H2,1-2H3. The van der Waals surface area contributed by atoms with E-state index in [0.29, 0.717) is 17.1 Å². The van der Waals surface area contributed by atoms with Crippen molar-refractivity contribution < 1.29 is 17.9 Å². The van der Waals surface area contributed by atoms with E-state index in [-0.39, 0.29) is 5.75 Å². The first-order valence-electron chi connectivity index (χ1n) is 6.49. The fraction of sp³-hybridized carbons (Fsp3) is 0.357. The van der Waals surface area contributed by atoms with Gasteiger partial charge < -0.3 is 10.5 Å². The van der Waals surface area contributed by atoms with Gasteiger partial charge in [0.2, 0.25) is 0 Å². The highest BCUT2D eigenvalue weighted by molar-refractivity contribution is 5.69. The number of benzene rings is 1. The highest BCUT2D eigenvalue weighted by Crippen LogP contribution is 2.30. The average Bonchev–Trinajstić information content (AvgIpc) is 2.67. The molecule has 0 unspecified atom stereocenters. The van der Waals surface area contributed by atoms with Gasteiger partial charge in [-0.15, -0.1) is 13.2 Å². The molecule has 0 aliphatic rings. The summed E-state index contributed by atoms with van der Waals surface area (Å²) in [7, 11) is 1.74. The minimum Gasteiger partial charge on any atom is -0.406 e. The summed E-state index contributed by atoms with van der Waals surface area (Å²) >= 11 is 0. The molecule has 1 aromatic carbocycles. The molecule has 21 heavy (non-hydrogen) atoms. The van der Waals surface area contributed by atoms with Gasteiger partial charge in [0, 0.05) is 18.2 Å². The summed E-state index contributed by atoms with van der Waals surface area (Å²) in [5.74, 6) is 0.315. The minimum absolute atomic E-state index is 0.257. The molecule has 0 amide bonds. The number of hydrogen-bond acceptors (Lipinski definition) is 3. The Morgan fingerprint density at radius 3 is 2.38 bits per heavy atom. The van der Waals surface area contributed by atoms with Gasteiger partial charge >= 0.3 is 6.36 Å². The summed E-state index contributed by atoms with van der Waals surface area (Å²) in [6.07, 6.45) is -3.03. The quantitative estimate of drug-likeness (QED) is 0.939. The van der Waals surface area contributed by atoms with Gasteiger partial charge in [0.1, 0.15) is 11.6 Å². The van der Waals surface area contributed by atoms with Gasteiger partial charge in [-0.25, -0.2) is 0 Å². The summed E-state index contributed by atoms with van der Waals surface area (Å²) in [5.41, 5.74) is 8.27. The van der Waals surface area contributed by atoms with Gasteiger partial charge in [-0.3, -0.25) is 4.68 Å². The SMILES string of the molecule is CCCc1c(-c2ccc(OC(F)(F)F)cc2)nn(C)c1N. The van der Waals surface area contributed by atoms with E-state index < -0.39 is 6.36 Å². The fourth-order valence-corrected chi connectivity index (χ4v) is 2.12. The summed E-state index contributed by atoms with van der Waals surface area (Å²) in [6, 6.07) is 5.62. The first-order valence-corrected chi connectivity index (χ1v) is 6.49. The van der Waals surface area contributed by atoms with Crippen molar-refractivity contribution in [3.63, 3.8) is 0 Å². The summed E-state index contributed by atoms with van der Waals surface area (Å²) in [6.45, 7) is 2.02. The zero-order valence-electron chi connectivity index (χ0n) is 11.7. The topological polar surface area (TPSA) is 53.1 Å². The maximum atomic E-state index is 12.1. The Balaban J connectivity index is 2.33. The van der Waals surface area contributed by atoms with Crippen LogP contribution in [0.2, 0.25) is 0 Å². The van der Waals surface area contributed by atoms with Gasteiger partial charge in [-0.2, -0.15) is 5.10 Å². The second kappa shape index (κ2) is 5.67. The lowest BCUT2D eigenvalue weighted by Crippen LogP contribution is -2.16. The van der Waals surface area contributed by atoms with Crippen LogP contribution in [-0.2, 0) is 13.5 Å². The third-order valence-corrected chi connectivity index (χ3v) is 3.06. The van der Waals surface area contributed by atoms with Gasteiger partial charge in [0.25, 0.3) is 0 Å². The molecule has 0 saturated heterocycles. The maximum absolute atomic E-state index is 12.1. The summed E-state index contributed by atoms with van der Waals surface area (Å²) < 4.78 is 41.8. The Hall–Kier alpha value is -2.18. The molecule has 2 N–H and O–H groups in total. The Morgan fingerprint density at radius 2 is 1.86 bits per heavy atom. The van der Waals surface area contributed by atoms with Crippen molar-refractivity contribution in [2.24, 2.45) is 7.05 Å². The second-order valence-electron chi connectivity index (χ2n) is 4.66. The molecule has 4 nitrogen and oxygen atoms in total. The fourth-order valence-electron chi connectivity index (χ4n) is 2.12. The van der Waals surface area contributed by atoms with Crippen LogP contribution in [0.15, 0.2) is 24.3 Å². The van der Waals surface area contributed by atoms with Gasteiger partial charge in [-0.05, 0) is 30.7 Å². The number of nitrogen functional groups attached to an aromatic ring is 1. The van der Waals surface area contributed by atoms with Crippen molar-refractivity contribution in [1.29, 1.82) is 0 Å². The molecule has 0 radical (unpaired) electrons. The zero-order chi connectivity index (χ0) is 15.6. The molecule has 114 valence electrons. The number of aryl methyl sites for hydroxylation is 1. The number of aromatic nitrogens is 2. The maximum Gasteiger partial charge on any atom is 0.573 e. The molecular weight excluding hydrogens is 283 g/mol. The van der Waals surface area contributed by atoms with E-state index in [2.05, 4.69) is 9.84 Å². The normalized spacial score (nSPS) is 11.7. The van der Waals surface area contributed by atoms with Crippen LogP contribution < -0.4 is 10.5 Å². The second-order valence-corrected chi connectivity index (χ2v) is 4.66. The highest BCUT2D eigenvalue weighted by atomic mass is 19.4. The smallest absolute Gasteiger partial charge is 0.406 e. The van der Waals surface area contributed by atoms with Gasteiger partial charge in [0.15, 0.2) is 0 Å². The molecule has 2 aromatic rings. The van der Waals surface area contributed by atoms with Crippen molar-refractivity contribution in [2.45, 2.75) is 26.1 Å². The van der Waals surface area contributed by atoms with Crippen molar-refractivity contribution in [2.75, 3.05) is 5.73 Å². The predicted molar refractivity (Wildman–Crippen MR) is 73.7 cm³/mol. The van der Waals surface area contributed by atoms with Crippen molar-refractivity contribution in [3.8, 4) is 17.0 Å². The number of hydrogen-bond donors (Lipinski definition) is 1. The average molecular weight is 299 g/mol. The van der Waals surface area contributed by atoms with Crippen LogP contribution in [0.5, 0.6) is 5.75 Å². The molecule has 1 heterocycles. The summed E-state index contributed by atoms with van der Waals surface area (Å²) in [5, 5.41) is 4.33. The predicted octanol–water partition coefficient (Wildman–Crippen LogP) is 3.52. The van der Waals surface area contributed by atoms with E-state index in [9.17, 15) is 13.2 Å². The van der Waals surface area contributed by atoms with Crippen LogP contribution >= 0.6 is 0 Å². The van der Waals surface area contributed by atoms with Crippen molar-refractivity contribution in [3.05, 3.63) is 29.8 Å². The third-order valence-electron chi connectivity index (χ3n) is 3.06. The third kappa shape index (κ3) is 3.48. The molecule has 2 rings (SSSR count). The highest BCUT2D eigenvalue weighted by Gasteiger charge is 2.31. The van der Waals surface area contributed by atoms with E-state index in [1.165, 1.54) is 12.1 Å². The van der Waals surface area contributed by atoms with E-state index >= 15 is 0 Å². The molecule has 7 heteroatoms. The number of alkyl halides is 3. The van der Waals surface area contributed by atoms with E-state index in [1.54, 1.807) is 23.9 Å². The Morgan fingerprint density at radius 1 is 1.24 bits per heavy atom. The first-order chi connectivity index (χ1) is 9.81. The summed E-state index contributed by atoms with van der Waals surface area (Å²) in [4.78, 5) is 0. The molecule has 0 aliphatic heterocycles. The molecule has 1 aromatic heterocycles. The van der Waals surface area contributed by atoms with Crippen LogP contribution in [0.25, 0.3) is 11.3 Å². The van der Waals surface area contributed by atoms with Crippen molar-refractivity contribution >= 4 is 5.82 Å². The zero-order valence-corrected chi connectivity index (χ0v) is 11.7. The Bertz CT molecular complexity index is 618. The largest absolute Gasteiger partial charge is 0.573 e. The monoisotopic (exact) mass is 299 g/mol. The lowest BCUT2D eigenvalue weighted by Gasteiger charge is -2.09. The number of nitrogens with two attached hydrogens (primary N) is 1. The van der Waals surface area contributed by atoms with Gasteiger partial charge in [0.05, 0.1) is 5.69 Å². The lowest BCUT2D eigenvalue weighted by molar-refractivity contribution is -0.274. The van der Waals surface area contributed by atoms with Crippen LogP contribution in [0, 0.1) is 0 Å². The van der Waals surface area contributed by atoms with E-state index in [1.807, 2.05) is 6.92 Å². The van der Waals surface area contributed by atoms with E-state index in [4.69, 9.17) is 5.73 Å². The first kappa shape index (κ1) is 15.2. The minimum atomic E-state index is -4.69. The van der Waals surface area contributed by atoms with Crippen LogP contribution in [0.1, 0.15) is 18.9 Å². The molecular formula is C14H16F3N3O. The molecule has 0 fully saturated rings. The number of rotatable bonds is 4. The Kier molecular flexibility index (Phi) is 4.11. The molecule has 0 bridgehead atoms. The van der Waals surface area contributed by atoms with Crippen LogP contribution in [-0.4, -0.2) is 16.1 Å². The molecule has 0 aliphatic carbocycles. The number of nitrogens with zero attached hydrogens (tertiary/aromatic N) is 2. The molecule has 0 spiro atoms. The molecule has 0 saturated carbocycles. The number of halogens is 3.